The van der Waals surface area contributed by atoms with Crippen LogP contribution in [0.1, 0.15) is 36.3 Å². The van der Waals surface area contributed by atoms with Crippen molar-refractivity contribution in [1.82, 2.24) is 19.9 Å². The molecule has 2 heterocycles. The molecular weight excluding hydrogens is 269 g/mol. The summed E-state index contributed by atoms with van der Waals surface area (Å²) < 4.78 is 38.1. The summed E-state index contributed by atoms with van der Waals surface area (Å²) >= 11 is 0. The lowest BCUT2D eigenvalue weighted by Gasteiger charge is -2.17. The number of alkyl halides is 3. The highest BCUT2D eigenvalue weighted by Crippen LogP contribution is 2.21. The summed E-state index contributed by atoms with van der Waals surface area (Å²) in [5, 5.41) is 7.19. The van der Waals surface area contributed by atoms with Crippen LogP contribution < -0.4 is 5.32 Å². The molecule has 2 aromatic heterocycles. The standard InChI is InChI=1S/C13H17F3N4/c1-8-6-12-18-7-11(10(3)20(12)19-8)9(2)17-5-4-13(14,15)16/h6-7,9,17H,4-5H2,1-3H3. The van der Waals surface area contributed by atoms with E-state index in [0.29, 0.717) is 0 Å². The van der Waals surface area contributed by atoms with Crippen molar-refractivity contribution in [2.24, 2.45) is 0 Å². The maximum Gasteiger partial charge on any atom is 0.390 e. The summed E-state index contributed by atoms with van der Waals surface area (Å²) in [5.41, 5.74) is 3.33. The highest BCUT2D eigenvalue weighted by molar-refractivity contribution is 5.42. The number of hydrogen-bond donors (Lipinski definition) is 1. The third kappa shape index (κ3) is 3.27. The summed E-state index contributed by atoms with van der Waals surface area (Å²) in [5.74, 6) is 0. The zero-order chi connectivity index (χ0) is 14.9. The molecule has 1 N–H and O–H groups in total. The van der Waals surface area contributed by atoms with Crippen LogP contribution in [0, 0.1) is 13.8 Å². The summed E-state index contributed by atoms with van der Waals surface area (Å²) in [4.78, 5) is 4.28. The van der Waals surface area contributed by atoms with E-state index in [1.807, 2.05) is 26.8 Å². The van der Waals surface area contributed by atoms with Crippen molar-refractivity contribution < 1.29 is 13.2 Å². The highest BCUT2D eigenvalue weighted by atomic mass is 19.4. The van der Waals surface area contributed by atoms with Gasteiger partial charge in [-0.05, 0) is 20.8 Å². The summed E-state index contributed by atoms with van der Waals surface area (Å²) in [6.45, 7) is 5.47. The third-order valence-electron chi connectivity index (χ3n) is 3.21. The molecule has 0 saturated carbocycles. The first-order valence-corrected chi connectivity index (χ1v) is 6.40. The van der Waals surface area contributed by atoms with Gasteiger partial charge in [-0.15, -0.1) is 0 Å². The molecule has 0 bridgehead atoms. The van der Waals surface area contributed by atoms with Crippen LogP contribution in [0.3, 0.4) is 0 Å². The Morgan fingerprint density at radius 3 is 2.70 bits per heavy atom. The van der Waals surface area contributed by atoms with Gasteiger partial charge in [0, 0.05) is 36.1 Å². The number of rotatable bonds is 4. The Hall–Kier alpha value is -1.63. The van der Waals surface area contributed by atoms with Crippen LogP contribution in [0.4, 0.5) is 13.2 Å². The van der Waals surface area contributed by atoms with E-state index in [4.69, 9.17) is 0 Å². The predicted molar refractivity (Wildman–Crippen MR) is 69.6 cm³/mol. The van der Waals surface area contributed by atoms with Gasteiger partial charge in [0.2, 0.25) is 0 Å². The van der Waals surface area contributed by atoms with E-state index in [-0.39, 0.29) is 12.6 Å². The number of nitrogens with zero attached hydrogens (tertiary/aromatic N) is 3. The monoisotopic (exact) mass is 286 g/mol. The molecular formula is C13H17F3N4. The Morgan fingerprint density at radius 2 is 2.05 bits per heavy atom. The van der Waals surface area contributed by atoms with Crippen molar-refractivity contribution in [3.05, 3.63) is 29.2 Å². The molecule has 1 unspecified atom stereocenters. The zero-order valence-electron chi connectivity index (χ0n) is 11.6. The van der Waals surface area contributed by atoms with Crippen molar-refractivity contribution in [3.63, 3.8) is 0 Å². The van der Waals surface area contributed by atoms with Gasteiger partial charge >= 0.3 is 6.18 Å². The van der Waals surface area contributed by atoms with E-state index < -0.39 is 12.6 Å². The first-order valence-electron chi connectivity index (χ1n) is 6.40. The minimum absolute atomic E-state index is 0.111. The molecule has 0 radical (unpaired) electrons. The maximum absolute atomic E-state index is 12.1. The number of aromatic nitrogens is 3. The second kappa shape index (κ2) is 5.40. The smallest absolute Gasteiger partial charge is 0.310 e. The summed E-state index contributed by atoms with van der Waals surface area (Å²) in [6, 6.07) is 1.65. The van der Waals surface area contributed by atoms with Crippen molar-refractivity contribution in [1.29, 1.82) is 0 Å². The lowest BCUT2D eigenvalue weighted by Crippen LogP contribution is -2.25. The molecule has 2 rings (SSSR count). The average molecular weight is 286 g/mol. The first kappa shape index (κ1) is 14.8. The van der Waals surface area contributed by atoms with E-state index in [2.05, 4.69) is 15.4 Å². The number of aryl methyl sites for hydroxylation is 2. The molecule has 0 spiro atoms. The van der Waals surface area contributed by atoms with Gasteiger partial charge in [-0.25, -0.2) is 9.50 Å². The molecule has 0 aromatic carbocycles. The summed E-state index contributed by atoms with van der Waals surface area (Å²) in [7, 11) is 0. The minimum atomic E-state index is -4.14. The van der Waals surface area contributed by atoms with Gasteiger partial charge in [0.1, 0.15) is 0 Å². The van der Waals surface area contributed by atoms with Gasteiger partial charge in [-0.2, -0.15) is 18.3 Å². The van der Waals surface area contributed by atoms with Crippen molar-refractivity contribution in [2.45, 2.75) is 39.4 Å². The molecule has 0 fully saturated rings. The lowest BCUT2D eigenvalue weighted by atomic mass is 10.1. The van der Waals surface area contributed by atoms with E-state index in [0.717, 1.165) is 22.6 Å². The predicted octanol–water partition coefficient (Wildman–Crippen LogP) is 2.95. The van der Waals surface area contributed by atoms with Crippen LogP contribution in [0.5, 0.6) is 0 Å². The zero-order valence-corrected chi connectivity index (χ0v) is 11.6. The maximum atomic E-state index is 12.1. The Balaban J connectivity index is 2.13. The van der Waals surface area contributed by atoms with Crippen molar-refractivity contribution >= 4 is 5.65 Å². The van der Waals surface area contributed by atoms with Crippen LogP contribution in [0.25, 0.3) is 5.65 Å². The van der Waals surface area contributed by atoms with Crippen LogP contribution in [0.2, 0.25) is 0 Å². The van der Waals surface area contributed by atoms with Gasteiger partial charge in [0.15, 0.2) is 5.65 Å². The molecule has 0 aliphatic carbocycles. The van der Waals surface area contributed by atoms with Crippen molar-refractivity contribution in [3.8, 4) is 0 Å². The van der Waals surface area contributed by atoms with Gasteiger partial charge in [0.25, 0.3) is 0 Å². The fourth-order valence-electron chi connectivity index (χ4n) is 2.14. The fourth-order valence-corrected chi connectivity index (χ4v) is 2.14. The molecule has 2 aromatic rings. The molecule has 0 aliphatic rings. The number of nitrogens with one attached hydrogen (secondary N) is 1. The first-order chi connectivity index (χ1) is 9.28. The molecule has 0 saturated heterocycles. The Labute approximate surface area is 115 Å². The molecule has 1 atom stereocenters. The van der Waals surface area contributed by atoms with Crippen LogP contribution in [-0.2, 0) is 0 Å². The van der Waals surface area contributed by atoms with Crippen LogP contribution in [0.15, 0.2) is 12.3 Å². The molecule has 110 valence electrons. The van der Waals surface area contributed by atoms with Gasteiger partial charge < -0.3 is 5.32 Å². The molecule has 0 aliphatic heterocycles. The molecule has 4 nitrogen and oxygen atoms in total. The molecule has 0 amide bonds. The number of hydrogen-bond acceptors (Lipinski definition) is 3. The SMILES string of the molecule is Cc1cc2ncc(C(C)NCCC(F)(F)F)c(C)n2n1. The lowest BCUT2D eigenvalue weighted by molar-refractivity contribution is -0.133. The number of halogens is 3. The van der Waals surface area contributed by atoms with Crippen LogP contribution >= 0.6 is 0 Å². The Morgan fingerprint density at radius 1 is 1.35 bits per heavy atom. The fraction of sp³-hybridized carbons (Fsp3) is 0.538. The largest absolute Gasteiger partial charge is 0.390 e. The number of fused-ring (bicyclic) bond motifs is 1. The van der Waals surface area contributed by atoms with Gasteiger partial charge in [-0.1, -0.05) is 0 Å². The second-order valence-electron chi connectivity index (χ2n) is 4.90. The minimum Gasteiger partial charge on any atom is -0.310 e. The van der Waals surface area contributed by atoms with Gasteiger partial charge in [-0.3, -0.25) is 0 Å². The van der Waals surface area contributed by atoms with E-state index in [9.17, 15) is 13.2 Å². The average Bonchev–Trinajstić information content (AvgIpc) is 2.69. The van der Waals surface area contributed by atoms with E-state index in [1.54, 1.807) is 10.7 Å². The molecule has 20 heavy (non-hydrogen) atoms. The van der Waals surface area contributed by atoms with Crippen LogP contribution in [-0.4, -0.2) is 27.3 Å². The second-order valence-corrected chi connectivity index (χ2v) is 4.90. The Kier molecular flexibility index (Phi) is 3.99. The van der Waals surface area contributed by atoms with Gasteiger partial charge in [0.05, 0.1) is 12.1 Å². The van der Waals surface area contributed by atoms with E-state index >= 15 is 0 Å². The van der Waals surface area contributed by atoms with Crippen molar-refractivity contribution in [2.75, 3.05) is 6.54 Å². The normalized spacial score (nSPS) is 13.9. The Bertz CT molecular complexity index is 603. The summed E-state index contributed by atoms with van der Waals surface area (Å²) in [6.07, 6.45) is -3.28. The third-order valence-corrected chi connectivity index (χ3v) is 3.21. The topological polar surface area (TPSA) is 42.2 Å². The molecule has 7 heteroatoms. The highest BCUT2D eigenvalue weighted by Gasteiger charge is 2.26. The quantitative estimate of drug-likeness (QED) is 0.939. The van der Waals surface area contributed by atoms with E-state index in [1.165, 1.54) is 0 Å².